The second kappa shape index (κ2) is 9.69. The van der Waals surface area contributed by atoms with Crippen LogP contribution in [-0.4, -0.2) is 22.5 Å². The molecule has 33 heavy (non-hydrogen) atoms. The minimum Gasteiger partial charge on any atom is -0.321 e. The molecule has 2 N–H and O–H groups in total. The molecule has 168 valence electrons. The van der Waals surface area contributed by atoms with Crippen LogP contribution in [0.1, 0.15) is 22.3 Å². The van der Waals surface area contributed by atoms with Gasteiger partial charge in [0.05, 0.1) is 12.1 Å². The van der Waals surface area contributed by atoms with Crippen LogP contribution in [0.25, 0.3) is 10.9 Å². The van der Waals surface area contributed by atoms with Gasteiger partial charge in [-0.1, -0.05) is 42.5 Å². The Balaban J connectivity index is 1.61. The molecule has 0 spiro atoms. The molecule has 0 atom stereocenters. The van der Waals surface area contributed by atoms with Crippen molar-refractivity contribution in [3.63, 3.8) is 0 Å². The van der Waals surface area contributed by atoms with Crippen molar-refractivity contribution >= 4 is 22.6 Å². The predicted octanol–water partition coefficient (Wildman–Crippen LogP) is 5.56. The number of aromatic nitrogens is 1. The molecule has 2 amide bonds. The minimum atomic E-state index is -0.373. The number of nitrogens with one attached hydrogen (secondary N) is 2. The molecule has 3 aromatic carbocycles. The van der Waals surface area contributed by atoms with Gasteiger partial charge in [-0.3, -0.25) is 4.79 Å². The summed E-state index contributed by atoms with van der Waals surface area (Å²) in [7, 11) is 0. The zero-order chi connectivity index (χ0) is 23.4. The highest BCUT2D eigenvalue weighted by Crippen LogP contribution is 2.17. The van der Waals surface area contributed by atoms with E-state index < -0.39 is 0 Å². The van der Waals surface area contributed by atoms with E-state index >= 15 is 0 Å². The van der Waals surface area contributed by atoms with E-state index in [1.54, 1.807) is 4.90 Å². The van der Waals surface area contributed by atoms with Crippen molar-refractivity contribution in [2.75, 3.05) is 11.9 Å². The van der Waals surface area contributed by atoms with Gasteiger partial charge in [-0.15, -0.1) is 0 Å². The van der Waals surface area contributed by atoms with E-state index in [4.69, 9.17) is 0 Å². The number of aryl methyl sites for hydroxylation is 2. The highest BCUT2D eigenvalue weighted by molar-refractivity contribution is 5.89. The predicted molar refractivity (Wildman–Crippen MR) is 130 cm³/mol. The van der Waals surface area contributed by atoms with Crippen molar-refractivity contribution in [1.82, 2.24) is 9.88 Å². The maximum atomic E-state index is 13.3. The molecule has 0 unspecified atom stereocenters. The van der Waals surface area contributed by atoms with Crippen LogP contribution in [0.4, 0.5) is 14.9 Å². The van der Waals surface area contributed by atoms with Crippen molar-refractivity contribution < 1.29 is 9.18 Å². The molecule has 0 aliphatic rings. The summed E-state index contributed by atoms with van der Waals surface area (Å²) in [6.07, 6.45) is 0.647. The highest BCUT2D eigenvalue weighted by Gasteiger charge is 2.17. The molecular formula is C27H26FN3O2. The van der Waals surface area contributed by atoms with Gasteiger partial charge in [-0.2, -0.15) is 0 Å². The largest absolute Gasteiger partial charge is 0.322 e. The Morgan fingerprint density at radius 3 is 2.42 bits per heavy atom. The van der Waals surface area contributed by atoms with Gasteiger partial charge in [0.15, 0.2) is 0 Å². The van der Waals surface area contributed by atoms with Gasteiger partial charge in [-0.25, -0.2) is 9.18 Å². The number of anilines is 1. The van der Waals surface area contributed by atoms with Crippen LogP contribution in [-0.2, 0) is 13.0 Å². The molecule has 0 bridgehead atoms. The van der Waals surface area contributed by atoms with Crippen LogP contribution in [0.3, 0.4) is 0 Å². The van der Waals surface area contributed by atoms with E-state index in [0.29, 0.717) is 24.2 Å². The third-order valence-electron chi connectivity index (χ3n) is 5.82. The fraction of sp³-hybridized carbons (Fsp3) is 0.185. The van der Waals surface area contributed by atoms with Crippen LogP contribution < -0.4 is 10.9 Å². The van der Waals surface area contributed by atoms with E-state index in [2.05, 4.69) is 10.3 Å². The first kappa shape index (κ1) is 22.3. The van der Waals surface area contributed by atoms with Gasteiger partial charge in [0, 0.05) is 17.8 Å². The monoisotopic (exact) mass is 443 g/mol. The quantitative estimate of drug-likeness (QED) is 0.410. The highest BCUT2D eigenvalue weighted by atomic mass is 19.1. The molecule has 0 aliphatic carbocycles. The normalized spacial score (nSPS) is 10.9. The number of H-pyrrole nitrogens is 1. The van der Waals surface area contributed by atoms with E-state index in [-0.39, 0.29) is 24.0 Å². The Hall–Kier alpha value is -3.93. The Morgan fingerprint density at radius 1 is 0.939 bits per heavy atom. The van der Waals surface area contributed by atoms with Gasteiger partial charge >= 0.3 is 6.03 Å². The molecule has 6 heteroatoms. The van der Waals surface area contributed by atoms with Gasteiger partial charge in [0.25, 0.3) is 5.56 Å². The number of amides is 2. The Labute approximate surface area is 191 Å². The molecule has 0 saturated heterocycles. The number of hydrogen-bond donors (Lipinski definition) is 2. The summed E-state index contributed by atoms with van der Waals surface area (Å²) in [6.45, 7) is 4.55. The van der Waals surface area contributed by atoms with Crippen LogP contribution in [0.2, 0.25) is 0 Å². The number of pyridine rings is 1. The number of aromatic amines is 1. The number of nitrogens with zero attached hydrogens (tertiary/aromatic N) is 1. The molecule has 0 fully saturated rings. The number of benzene rings is 3. The first-order valence-electron chi connectivity index (χ1n) is 10.9. The van der Waals surface area contributed by atoms with Crippen molar-refractivity contribution in [3.05, 3.63) is 111 Å². The van der Waals surface area contributed by atoms with Crippen molar-refractivity contribution in [2.24, 2.45) is 0 Å². The minimum absolute atomic E-state index is 0.151. The average molecular weight is 444 g/mol. The van der Waals surface area contributed by atoms with Crippen LogP contribution in [0.15, 0.2) is 77.6 Å². The molecule has 5 nitrogen and oxygen atoms in total. The number of rotatable bonds is 6. The summed E-state index contributed by atoms with van der Waals surface area (Å²) in [6, 6.07) is 21.0. The lowest BCUT2D eigenvalue weighted by Gasteiger charge is -2.24. The lowest BCUT2D eigenvalue weighted by atomic mass is 10.1. The molecular weight excluding hydrogens is 417 g/mol. The molecule has 1 aromatic heterocycles. The van der Waals surface area contributed by atoms with Crippen LogP contribution in [0, 0.1) is 19.7 Å². The maximum Gasteiger partial charge on any atom is 0.322 e. The summed E-state index contributed by atoms with van der Waals surface area (Å²) < 4.78 is 13.3. The molecule has 0 radical (unpaired) electrons. The number of carbonyl (C=O) groups is 1. The number of carbonyl (C=O) groups excluding carboxylic acids is 1. The van der Waals surface area contributed by atoms with Crippen molar-refractivity contribution in [2.45, 2.75) is 26.8 Å². The van der Waals surface area contributed by atoms with Crippen LogP contribution >= 0.6 is 0 Å². The SMILES string of the molecule is Cc1ccccc1CCN(Cc1cc2cccc(C)c2[nH]c1=O)C(=O)Nc1ccc(F)cc1. The summed E-state index contributed by atoms with van der Waals surface area (Å²) >= 11 is 0. The number of urea groups is 1. The number of para-hydroxylation sites is 1. The first-order valence-corrected chi connectivity index (χ1v) is 10.9. The number of fused-ring (bicyclic) bond motifs is 1. The maximum absolute atomic E-state index is 13.3. The second-order valence-corrected chi connectivity index (χ2v) is 8.20. The summed E-state index contributed by atoms with van der Waals surface area (Å²) in [5.74, 6) is -0.373. The third-order valence-corrected chi connectivity index (χ3v) is 5.82. The lowest BCUT2D eigenvalue weighted by molar-refractivity contribution is 0.209. The van der Waals surface area contributed by atoms with E-state index in [1.165, 1.54) is 24.3 Å². The van der Waals surface area contributed by atoms with Crippen LogP contribution in [0.5, 0.6) is 0 Å². The number of halogens is 1. The first-order chi connectivity index (χ1) is 15.9. The molecule has 4 rings (SSSR count). The van der Waals surface area contributed by atoms with E-state index in [9.17, 15) is 14.0 Å². The zero-order valence-corrected chi connectivity index (χ0v) is 18.7. The molecule has 0 saturated carbocycles. The van der Waals surface area contributed by atoms with Gasteiger partial charge in [-0.05, 0) is 72.7 Å². The zero-order valence-electron chi connectivity index (χ0n) is 18.7. The standard InChI is InChI=1S/C27H26FN3O2/c1-18-6-3-4-8-20(18)14-15-31(27(33)29-24-12-10-23(28)11-13-24)17-22-16-21-9-5-7-19(2)25(21)30-26(22)32/h3-13,16H,14-15,17H2,1-2H3,(H,29,33)(H,30,32). The second-order valence-electron chi connectivity index (χ2n) is 8.20. The average Bonchev–Trinajstić information content (AvgIpc) is 2.80. The Morgan fingerprint density at radius 2 is 1.67 bits per heavy atom. The summed E-state index contributed by atoms with van der Waals surface area (Å²) in [4.78, 5) is 30.5. The summed E-state index contributed by atoms with van der Waals surface area (Å²) in [5.41, 5.74) is 4.86. The summed E-state index contributed by atoms with van der Waals surface area (Å²) in [5, 5.41) is 3.73. The topological polar surface area (TPSA) is 65.2 Å². The smallest absolute Gasteiger partial charge is 0.321 e. The molecule has 4 aromatic rings. The van der Waals surface area contributed by atoms with Crippen molar-refractivity contribution in [3.8, 4) is 0 Å². The van der Waals surface area contributed by atoms with Gasteiger partial charge in [0.1, 0.15) is 5.82 Å². The Bertz CT molecular complexity index is 1350. The van der Waals surface area contributed by atoms with Gasteiger partial charge in [0.2, 0.25) is 0 Å². The van der Waals surface area contributed by atoms with Gasteiger partial charge < -0.3 is 15.2 Å². The van der Waals surface area contributed by atoms with E-state index in [1.807, 2.05) is 62.4 Å². The number of hydrogen-bond acceptors (Lipinski definition) is 2. The van der Waals surface area contributed by atoms with E-state index in [0.717, 1.165) is 27.6 Å². The third kappa shape index (κ3) is 5.29. The molecule has 1 heterocycles. The fourth-order valence-corrected chi connectivity index (χ4v) is 3.89. The van der Waals surface area contributed by atoms with Crippen molar-refractivity contribution in [1.29, 1.82) is 0 Å². The fourth-order valence-electron chi connectivity index (χ4n) is 3.89. The Kier molecular flexibility index (Phi) is 6.54. The molecule has 0 aliphatic heterocycles. The lowest BCUT2D eigenvalue weighted by Crippen LogP contribution is -2.37.